The first-order valence-electron chi connectivity index (χ1n) is 6.09. The summed E-state index contributed by atoms with van der Waals surface area (Å²) in [5.41, 5.74) is 1.90. The van der Waals surface area contributed by atoms with Gasteiger partial charge in [-0.25, -0.2) is 0 Å². The smallest absolute Gasteiger partial charge is 0.0303 e. The molecule has 16 heavy (non-hydrogen) atoms. The van der Waals surface area contributed by atoms with Crippen molar-refractivity contribution < 1.29 is 0 Å². The van der Waals surface area contributed by atoms with E-state index in [4.69, 9.17) is 0 Å². The summed E-state index contributed by atoms with van der Waals surface area (Å²) in [6.45, 7) is 5.76. The quantitative estimate of drug-likeness (QED) is 0.868. The Morgan fingerprint density at radius 2 is 2.06 bits per heavy atom. The van der Waals surface area contributed by atoms with Crippen molar-refractivity contribution in [2.24, 2.45) is 5.41 Å². The van der Waals surface area contributed by atoms with Crippen LogP contribution in [-0.2, 0) is 0 Å². The molecule has 0 radical (unpaired) electrons. The normalized spacial score (nSPS) is 20.2. The molecule has 0 amide bonds. The van der Waals surface area contributed by atoms with Crippen LogP contribution in [0.5, 0.6) is 0 Å². The number of rotatable bonds is 4. The van der Waals surface area contributed by atoms with Crippen LogP contribution in [0.25, 0.3) is 0 Å². The Labute approximate surface area is 107 Å². The molecule has 1 atom stereocenters. The Kier molecular flexibility index (Phi) is 3.70. The minimum atomic E-state index is 0.424. The zero-order valence-electron chi connectivity index (χ0n) is 10.1. The first kappa shape index (κ1) is 12.1. The van der Waals surface area contributed by atoms with Crippen molar-refractivity contribution in [1.82, 2.24) is 5.32 Å². The molecular formula is C14H20BrN. The molecule has 1 aliphatic rings. The second-order valence-electron chi connectivity index (χ2n) is 5.29. The number of benzene rings is 1. The minimum absolute atomic E-state index is 0.424. The third-order valence-electron chi connectivity index (χ3n) is 3.77. The Hall–Kier alpha value is -0.340. The molecule has 0 aliphatic heterocycles. The highest BCUT2D eigenvalue weighted by molar-refractivity contribution is 9.10. The van der Waals surface area contributed by atoms with E-state index in [0.717, 1.165) is 6.54 Å². The maximum Gasteiger partial charge on any atom is 0.0303 e. The van der Waals surface area contributed by atoms with Gasteiger partial charge < -0.3 is 5.32 Å². The van der Waals surface area contributed by atoms with Gasteiger partial charge in [0.25, 0.3) is 0 Å². The average Bonchev–Trinajstić information content (AvgIpc) is 2.24. The molecule has 88 valence electrons. The molecule has 1 fully saturated rings. The molecular weight excluding hydrogens is 262 g/mol. The third kappa shape index (κ3) is 2.67. The van der Waals surface area contributed by atoms with Crippen molar-refractivity contribution in [1.29, 1.82) is 0 Å². The van der Waals surface area contributed by atoms with Gasteiger partial charge in [-0.05, 0) is 36.8 Å². The predicted molar refractivity (Wildman–Crippen MR) is 72.5 cm³/mol. The summed E-state index contributed by atoms with van der Waals surface area (Å²) in [5.74, 6) is 0. The Morgan fingerprint density at radius 1 is 1.38 bits per heavy atom. The maximum atomic E-state index is 3.65. The van der Waals surface area contributed by atoms with Gasteiger partial charge in [-0.2, -0.15) is 0 Å². The van der Waals surface area contributed by atoms with Gasteiger partial charge in [0, 0.05) is 17.1 Å². The van der Waals surface area contributed by atoms with E-state index in [1.807, 2.05) is 0 Å². The molecule has 1 unspecified atom stereocenters. The van der Waals surface area contributed by atoms with Gasteiger partial charge in [0.1, 0.15) is 0 Å². The van der Waals surface area contributed by atoms with Crippen molar-refractivity contribution in [2.45, 2.75) is 39.2 Å². The third-order valence-corrected chi connectivity index (χ3v) is 4.49. The standard InChI is InChI=1S/C14H20BrN/c1-11(12-6-3-4-7-13(12)15)16-10-14(2)8-5-9-14/h3-4,6-7,11,16H,5,8-10H2,1-2H3. The van der Waals surface area contributed by atoms with Crippen molar-refractivity contribution in [3.63, 3.8) is 0 Å². The van der Waals surface area contributed by atoms with Crippen molar-refractivity contribution in [3.05, 3.63) is 34.3 Å². The van der Waals surface area contributed by atoms with Crippen LogP contribution < -0.4 is 5.32 Å². The molecule has 2 heteroatoms. The van der Waals surface area contributed by atoms with Crippen molar-refractivity contribution in [2.75, 3.05) is 6.54 Å². The number of hydrogen-bond donors (Lipinski definition) is 1. The van der Waals surface area contributed by atoms with Crippen molar-refractivity contribution in [3.8, 4) is 0 Å². The highest BCUT2D eigenvalue weighted by atomic mass is 79.9. The maximum absolute atomic E-state index is 3.65. The number of halogens is 1. The van der Waals surface area contributed by atoms with Crippen LogP contribution in [0.3, 0.4) is 0 Å². The molecule has 0 spiro atoms. The second-order valence-corrected chi connectivity index (χ2v) is 6.14. The summed E-state index contributed by atoms with van der Waals surface area (Å²) in [6.07, 6.45) is 4.16. The molecule has 1 saturated carbocycles. The van der Waals surface area contributed by atoms with Crippen LogP contribution in [0.4, 0.5) is 0 Å². The molecule has 1 aromatic carbocycles. The number of nitrogens with one attached hydrogen (secondary N) is 1. The van der Waals surface area contributed by atoms with Gasteiger partial charge in [0.05, 0.1) is 0 Å². The van der Waals surface area contributed by atoms with Crippen LogP contribution in [-0.4, -0.2) is 6.54 Å². The molecule has 0 heterocycles. The van der Waals surface area contributed by atoms with E-state index >= 15 is 0 Å². The topological polar surface area (TPSA) is 12.0 Å². The first-order valence-corrected chi connectivity index (χ1v) is 6.88. The molecule has 1 N–H and O–H groups in total. The Balaban J connectivity index is 1.93. The molecule has 1 nitrogen and oxygen atoms in total. The second kappa shape index (κ2) is 4.89. The van der Waals surface area contributed by atoms with Gasteiger partial charge in [-0.1, -0.05) is 47.5 Å². The van der Waals surface area contributed by atoms with Crippen molar-refractivity contribution >= 4 is 15.9 Å². The monoisotopic (exact) mass is 281 g/mol. The zero-order chi connectivity index (χ0) is 11.6. The fourth-order valence-electron chi connectivity index (χ4n) is 2.29. The summed E-state index contributed by atoms with van der Waals surface area (Å²) in [7, 11) is 0. The lowest BCUT2D eigenvalue weighted by atomic mass is 9.70. The molecule has 2 rings (SSSR count). The molecule has 0 saturated heterocycles. The fraction of sp³-hybridized carbons (Fsp3) is 0.571. The molecule has 0 bridgehead atoms. The predicted octanol–water partition coefficient (Wildman–Crippen LogP) is 4.29. The van der Waals surface area contributed by atoms with E-state index < -0.39 is 0 Å². The lowest BCUT2D eigenvalue weighted by Crippen LogP contribution is -2.38. The number of hydrogen-bond acceptors (Lipinski definition) is 1. The van der Waals surface area contributed by atoms with E-state index in [1.54, 1.807) is 0 Å². The highest BCUT2D eigenvalue weighted by Crippen LogP contribution is 2.40. The van der Waals surface area contributed by atoms with E-state index in [1.165, 1.54) is 29.3 Å². The van der Waals surface area contributed by atoms with E-state index in [2.05, 4.69) is 59.4 Å². The largest absolute Gasteiger partial charge is 0.310 e. The molecule has 0 aromatic heterocycles. The minimum Gasteiger partial charge on any atom is -0.310 e. The summed E-state index contributed by atoms with van der Waals surface area (Å²) in [6, 6.07) is 8.88. The van der Waals surface area contributed by atoms with Gasteiger partial charge in [-0.3, -0.25) is 0 Å². The van der Waals surface area contributed by atoms with Crippen LogP contribution in [0.15, 0.2) is 28.7 Å². The zero-order valence-corrected chi connectivity index (χ0v) is 11.7. The SMILES string of the molecule is CC(NCC1(C)CCC1)c1ccccc1Br. The van der Waals surface area contributed by atoms with Gasteiger partial charge in [-0.15, -0.1) is 0 Å². The average molecular weight is 282 g/mol. The van der Waals surface area contributed by atoms with E-state index in [9.17, 15) is 0 Å². The van der Waals surface area contributed by atoms with Crippen LogP contribution >= 0.6 is 15.9 Å². The Bertz CT molecular complexity index is 358. The van der Waals surface area contributed by atoms with Gasteiger partial charge in [0.15, 0.2) is 0 Å². The summed E-state index contributed by atoms with van der Waals surface area (Å²) >= 11 is 3.61. The molecule has 1 aromatic rings. The van der Waals surface area contributed by atoms with Gasteiger partial charge in [0.2, 0.25) is 0 Å². The van der Waals surface area contributed by atoms with Crippen LogP contribution in [0.2, 0.25) is 0 Å². The van der Waals surface area contributed by atoms with Crippen LogP contribution in [0, 0.1) is 5.41 Å². The van der Waals surface area contributed by atoms with Crippen LogP contribution in [0.1, 0.15) is 44.7 Å². The van der Waals surface area contributed by atoms with E-state index in [-0.39, 0.29) is 0 Å². The highest BCUT2D eigenvalue weighted by Gasteiger charge is 2.31. The summed E-state index contributed by atoms with van der Waals surface area (Å²) in [4.78, 5) is 0. The summed E-state index contributed by atoms with van der Waals surface area (Å²) in [5, 5.41) is 3.65. The lowest BCUT2D eigenvalue weighted by Gasteiger charge is -2.39. The lowest BCUT2D eigenvalue weighted by molar-refractivity contribution is 0.152. The van der Waals surface area contributed by atoms with Gasteiger partial charge >= 0.3 is 0 Å². The van der Waals surface area contributed by atoms with E-state index in [0.29, 0.717) is 11.5 Å². The fourth-order valence-corrected chi connectivity index (χ4v) is 2.92. The summed E-state index contributed by atoms with van der Waals surface area (Å²) < 4.78 is 1.20. The molecule has 1 aliphatic carbocycles. The first-order chi connectivity index (χ1) is 7.61. The Morgan fingerprint density at radius 3 is 2.62 bits per heavy atom.